The molecule has 3 amide bonds. The van der Waals surface area contributed by atoms with Gasteiger partial charge in [-0.2, -0.15) is 10.1 Å². The SMILES string of the molecule is CN1C(=O)Cc2cc(Nc3nc(N4CC[C@H](Nc5ccc6c(C7CCC(=O)NC7=O)nn(C)c6c5)[C@H](CO)C4)ncc3Cl)ccc21. The predicted molar refractivity (Wildman–Crippen MR) is 175 cm³/mol. The molecule has 2 fully saturated rings. The predicted octanol–water partition coefficient (Wildman–Crippen LogP) is 3.10. The number of likely N-dealkylation sites (N-methyl/N-ethyl adjacent to an activating group) is 1. The fourth-order valence-electron chi connectivity index (χ4n) is 6.67. The van der Waals surface area contributed by atoms with Crippen LogP contribution in [0.3, 0.4) is 0 Å². The second kappa shape index (κ2) is 11.9. The van der Waals surface area contributed by atoms with Crippen LogP contribution in [0.4, 0.5) is 28.8 Å². The van der Waals surface area contributed by atoms with Crippen molar-refractivity contribution in [1.82, 2.24) is 25.1 Å². The first kappa shape index (κ1) is 29.9. The standard InChI is InChI=1S/C32H34ClN9O4/c1-40-25-7-4-19(11-17(25)12-28(40)45)36-30-23(33)14-34-32(38-30)42-10-9-24(18(15-42)16-43)35-20-3-5-21-26(13-20)41(2)39-29(21)22-6-8-27(44)37-31(22)46/h3-5,7,11,13-14,18,22,24,35,43H,6,8-10,12,15-16H2,1-2H3,(H,34,36,38)(H,37,44,46)/t18-,22?,24-/m0/s1. The van der Waals surface area contributed by atoms with Gasteiger partial charge in [0.2, 0.25) is 23.7 Å². The van der Waals surface area contributed by atoms with Crippen LogP contribution in [0.5, 0.6) is 0 Å². The number of piperidine rings is 2. The number of imide groups is 1. The summed E-state index contributed by atoms with van der Waals surface area (Å²) in [6, 6.07) is 11.7. The van der Waals surface area contributed by atoms with Gasteiger partial charge in [-0.3, -0.25) is 24.4 Å². The lowest BCUT2D eigenvalue weighted by Crippen LogP contribution is -2.48. The number of nitrogens with one attached hydrogen (secondary N) is 3. The van der Waals surface area contributed by atoms with E-state index in [1.165, 1.54) is 0 Å². The van der Waals surface area contributed by atoms with Crippen molar-refractivity contribution in [1.29, 1.82) is 0 Å². The van der Waals surface area contributed by atoms with E-state index in [9.17, 15) is 19.5 Å². The fourth-order valence-corrected chi connectivity index (χ4v) is 6.81. The van der Waals surface area contributed by atoms with Crippen LogP contribution in [-0.4, -0.2) is 75.4 Å². The highest BCUT2D eigenvalue weighted by atomic mass is 35.5. The summed E-state index contributed by atoms with van der Waals surface area (Å²) < 4.78 is 1.76. The topological polar surface area (TPSA) is 158 Å². The van der Waals surface area contributed by atoms with E-state index in [1.54, 1.807) is 22.8 Å². The minimum absolute atomic E-state index is 0.00122. The molecule has 3 atom stereocenters. The Morgan fingerprint density at radius 3 is 2.72 bits per heavy atom. The van der Waals surface area contributed by atoms with Gasteiger partial charge in [-0.15, -0.1) is 0 Å². The van der Waals surface area contributed by atoms with Crippen molar-refractivity contribution in [3.05, 3.63) is 58.9 Å². The van der Waals surface area contributed by atoms with Gasteiger partial charge in [0.1, 0.15) is 5.02 Å². The number of aliphatic hydroxyl groups is 1. The number of fused-ring (bicyclic) bond motifs is 2. The monoisotopic (exact) mass is 643 g/mol. The van der Waals surface area contributed by atoms with Crippen LogP contribution >= 0.6 is 11.6 Å². The molecule has 7 rings (SSSR count). The molecule has 3 aliphatic rings. The number of aromatic nitrogens is 4. The second-order valence-electron chi connectivity index (χ2n) is 12.1. The second-order valence-corrected chi connectivity index (χ2v) is 12.5. The van der Waals surface area contributed by atoms with Crippen LogP contribution in [-0.2, 0) is 27.9 Å². The maximum Gasteiger partial charge on any atom is 0.235 e. The number of anilines is 5. The van der Waals surface area contributed by atoms with Crippen LogP contribution in [0.2, 0.25) is 5.02 Å². The number of aryl methyl sites for hydroxylation is 1. The van der Waals surface area contributed by atoms with E-state index in [2.05, 4.69) is 26.0 Å². The largest absolute Gasteiger partial charge is 0.396 e. The van der Waals surface area contributed by atoms with Crippen molar-refractivity contribution in [3.63, 3.8) is 0 Å². The summed E-state index contributed by atoms with van der Waals surface area (Å²) in [6.07, 6.45) is 3.40. The first-order valence-corrected chi connectivity index (χ1v) is 15.7. The molecule has 2 aromatic heterocycles. The minimum Gasteiger partial charge on any atom is -0.396 e. The highest BCUT2D eigenvalue weighted by Gasteiger charge is 2.33. The molecule has 238 valence electrons. The van der Waals surface area contributed by atoms with Crippen LogP contribution < -0.4 is 25.8 Å². The van der Waals surface area contributed by atoms with Gasteiger partial charge in [0.25, 0.3) is 0 Å². The lowest BCUT2D eigenvalue weighted by Gasteiger charge is -2.38. The highest BCUT2D eigenvalue weighted by Crippen LogP contribution is 2.34. The van der Waals surface area contributed by atoms with Gasteiger partial charge in [0, 0.05) is 74.6 Å². The van der Waals surface area contributed by atoms with Crippen molar-refractivity contribution in [2.24, 2.45) is 13.0 Å². The summed E-state index contributed by atoms with van der Waals surface area (Å²) in [4.78, 5) is 49.2. The summed E-state index contributed by atoms with van der Waals surface area (Å²) in [5.74, 6) is -0.0876. The highest BCUT2D eigenvalue weighted by molar-refractivity contribution is 6.32. The number of nitrogens with zero attached hydrogens (tertiary/aromatic N) is 6. The number of hydrogen-bond donors (Lipinski definition) is 4. The van der Waals surface area contributed by atoms with Crippen molar-refractivity contribution in [2.45, 2.75) is 37.6 Å². The number of amides is 3. The van der Waals surface area contributed by atoms with Crippen molar-refractivity contribution < 1.29 is 19.5 Å². The van der Waals surface area contributed by atoms with E-state index in [1.807, 2.05) is 48.3 Å². The van der Waals surface area contributed by atoms with E-state index in [0.29, 0.717) is 54.8 Å². The van der Waals surface area contributed by atoms with Gasteiger partial charge in [-0.05, 0) is 54.8 Å². The Kier molecular flexibility index (Phi) is 7.73. The zero-order valence-electron chi connectivity index (χ0n) is 25.5. The average Bonchev–Trinajstić information content (AvgIpc) is 3.52. The van der Waals surface area contributed by atoms with Crippen LogP contribution in [0.1, 0.15) is 36.4 Å². The summed E-state index contributed by atoms with van der Waals surface area (Å²) in [6.45, 7) is 1.18. The van der Waals surface area contributed by atoms with E-state index in [0.717, 1.165) is 39.9 Å². The van der Waals surface area contributed by atoms with Crippen LogP contribution in [0, 0.1) is 5.92 Å². The molecule has 4 N–H and O–H groups in total. The molecular formula is C32H34ClN9O4. The first-order chi connectivity index (χ1) is 22.2. The Morgan fingerprint density at radius 2 is 1.91 bits per heavy atom. The van der Waals surface area contributed by atoms with Gasteiger partial charge in [0.15, 0.2) is 5.82 Å². The number of halogens is 1. The molecule has 0 spiro atoms. The molecule has 0 aliphatic carbocycles. The van der Waals surface area contributed by atoms with Crippen molar-refractivity contribution >= 4 is 69.1 Å². The molecule has 0 radical (unpaired) electrons. The molecule has 4 aromatic rings. The zero-order chi connectivity index (χ0) is 32.1. The van der Waals surface area contributed by atoms with Crippen LogP contribution in [0.15, 0.2) is 42.6 Å². The Labute approximate surface area is 269 Å². The summed E-state index contributed by atoms with van der Waals surface area (Å²) in [5.41, 5.74) is 5.05. The summed E-state index contributed by atoms with van der Waals surface area (Å²) in [5, 5.41) is 25.6. The van der Waals surface area contributed by atoms with E-state index >= 15 is 0 Å². The van der Waals surface area contributed by atoms with Crippen LogP contribution in [0.25, 0.3) is 10.9 Å². The lowest BCUT2D eigenvalue weighted by molar-refractivity contribution is -0.134. The molecule has 0 saturated carbocycles. The number of rotatable bonds is 7. The molecule has 46 heavy (non-hydrogen) atoms. The molecule has 0 bridgehead atoms. The van der Waals surface area contributed by atoms with Gasteiger partial charge < -0.3 is 25.5 Å². The third-order valence-electron chi connectivity index (χ3n) is 9.20. The zero-order valence-corrected chi connectivity index (χ0v) is 26.2. The molecule has 13 nitrogen and oxygen atoms in total. The Morgan fingerprint density at radius 1 is 1.09 bits per heavy atom. The summed E-state index contributed by atoms with van der Waals surface area (Å²) >= 11 is 6.47. The van der Waals surface area contributed by atoms with E-state index < -0.39 is 5.92 Å². The normalized spacial score (nSPS) is 21.5. The fraction of sp³-hybridized carbons (Fsp3) is 0.375. The molecule has 5 heterocycles. The quantitative estimate of drug-likeness (QED) is 0.221. The maximum atomic E-state index is 12.5. The van der Waals surface area contributed by atoms with Gasteiger partial charge in [0.05, 0.1) is 29.7 Å². The number of carbonyl (C=O) groups is 3. The Bertz CT molecular complexity index is 1880. The van der Waals surface area contributed by atoms with E-state index in [-0.39, 0.29) is 36.3 Å². The number of aliphatic hydroxyl groups excluding tert-OH is 1. The minimum atomic E-state index is -0.463. The van der Waals surface area contributed by atoms with Gasteiger partial charge >= 0.3 is 0 Å². The average molecular weight is 644 g/mol. The molecule has 2 saturated heterocycles. The van der Waals surface area contributed by atoms with Crippen molar-refractivity contribution in [3.8, 4) is 0 Å². The molecule has 1 unspecified atom stereocenters. The Balaban J connectivity index is 1.04. The third-order valence-corrected chi connectivity index (χ3v) is 9.48. The van der Waals surface area contributed by atoms with Gasteiger partial charge in [-0.1, -0.05) is 11.6 Å². The Hall–Kier alpha value is -4.75. The van der Waals surface area contributed by atoms with Gasteiger partial charge in [-0.25, -0.2) is 4.98 Å². The smallest absolute Gasteiger partial charge is 0.235 e. The summed E-state index contributed by atoms with van der Waals surface area (Å²) in [7, 11) is 3.61. The number of hydrogen-bond acceptors (Lipinski definition) is 10. The molecule has 14 heteroatoms. The maximum absolute atomic E-state index is 12.5. The van der Waals surface area contributed by atoms with E-state index in [4.69, 9.17) is 16.6 Å². The van der Waals surface area contributed by atoms with Crippen molar-refractivity contribution in [2.75, 3.05) is 47.2 Å². The first-order valence-electron chi connectivity index (χ1n) is 15.3. The molecular weight excluding hydrogens is 610 g/mol. The number of carbonyl (C=O) groups excluding carboxylic acids is 3. The number of benzene rings is 2. The lowest BCUT2D eigenvalue weighted by atomic mass is 9.92. The third kappa shape index (κ3) is 5.49. The molecule has 3 aliphatic heterocycles. The molecule has 2 aromatic carbocycles.